The second-order valence-corrected chi connectivity index (χ2v) is 4.82. The van der Waals surface area contributed by atoms with Crippen LogP contribution in [0.5, 0.6) is 0 Å². The van der Waals surface area contributed by atoms with Crippen LogP contribution in [0.2, 0.25) is 0 Å². The minimum Gasteiger partial charge on any atom is -0.480 e. The SMILES string of the molecule is O=C(O)C(CCO)NC(=O)[C@@H]1Cc2ccccc2CN1. The molecule has 0 saturated carbocycles. The van der Waals surface area contributed by atoms with E-state index in [1.165, 1.54) is 0 Å². The number of hydrogen-bond donors (Lipinski definition) is 4. The minimum atomic E-state index is -1.14. The molecule has 1 aliphatic heterocycles. The summed E-state index contributed by atoms with van der Waals surface area (Å²) in [7, 11) is 0. The Kier molecular flexibility index (Phi) is 4.70. The zero-order valence-electron chi connectivity index (χ0n) is 11.0. The first kappa shape index (κ1) is 14.5. The molecule has 108 valence electrons. The van der Waals surface area contributed by atoms with Crippen LogP contribution in [0.4, 0.5) is 0 Å². The van der Waals surface area contributed by atoms with Crippen molar-refractivity contribution in [2.45, 2.75) is 31.5 Å². The molecule has 0 fully saturated rings. The number of aliphatic hydroxyl groups excluding tert-OH is 1. The van der Waals surface area contributed by atoms with Crippen molar-refractivity contribution in [2.75, 3.05) is 6.61 Å². The molecule has 6 heteroatoms. The van der Waals surface area contributed by atoms with Crippen molar-refractivity contribution in [1.82, 2.24) is 10.6 Å². The van der Waals surface area contributed by atoms with E-state index in [9.17, 15) is 9.59 Å². The maximum Gasteiger partial charge on any atom is 0.326 e. The van der Waals surface area contributed by atoms with E-state index in [-0.39, 0.29) is 18.9 Å². The van der Waals surface area contributed by atoms with Crippen LogP contribution in [0.1, 0.15) is 17.5 Å². The molecule has 1 aromatic rings. The predicted molar refractivity (Wildman–Crippen MR) is 72.0 cm³/mol. The minimum absolute atomic E-state index is 0.00435. The van der Waals surface area contributed by atoms with E-state index in [0.29, 0.717) is 13.0 Å². The van der Waals surface area contributed by atoms with Crippen molar-refractivity contribution in [3.63, 3.8) is 0 Å². The summed E-state index contributed by atoms with van der Waals surface area (Å²) in [5, 5.41) is 23.3. The molecular weight excluding hydrogens is 260 g/mol. The molecule has 0 aromatic heterocycles. The summed E-state index contributed by atoms with van der Waals surface area (Å²) in [6, 6.07) is 6.35. The molecule has 1 amide bonds. The van der Waals surface area contributed by atoms with Crippen LogP contribution < -0.4 is 10.6 Å². The second kappa shape index (κ2) is 6.49. The lowest BCUT2D eigenvalue weighted by Gasteiger charge is -2.26. The average molecular weight is 278 g/mol. The molecular formula is C14H18N2O4. The van der Waals surface area contributed by atoms with E-state index in [2.05, 4.69) is 10.6 Å². The number of aliphatic hydroxyl groups is 1. The van der Waals surface area contributed by atoms with E-state index in [1.807, 2.05) is 24.3 Å². The predicted octanol–water partition coefficient (Wildman–Crippen LogP) is -0.347. The van der Waals surface area contributed by atoms with Gasteiger partial charge in [0.1, 0.15) is 6.04 Å². The van der Waals surface area contributed by atoms with Crippen molar-refractivity contribution >= 4 is 11.9 Å². The molecule has 6 nitrogen and oxygen atoms in total. The fourth-order valence-corrected chi connectivity index (χ4v) is 2.30. The maximum atomic E-state index is 12.1. The van der Waals surface area contributed by atoms with Gasteiger partial charge in [0, 0.05) is 19.6 Å². The van der Waals surface area contributed by atoms with Crippen molar-refractivity contribution in [2.24, 2.45) is 0 Å². The van der Waals surface area contributed by atoms with Crippen LogP contribution in [0.3, 0.4) is 0 Å². The Balaban J connectivity index is 1.99. The van der Waals surface area contributed by atoms with Gasteiger partial charge in [-0.15, -0.1) is 0 Å². The van der Waals surface area contributed by atoms with Gasteiger partial charge >= 0.3 is 5.97 Å². The number of hydrogen-bond acceptors (Lipinski definition) is 4. The maximum absolute atomic E-state index is 12.1. The first-order valence-electron chi connectivity index (χ1n) is 6.56. The van der Waals surface area contributed by atoms with Crippen molar-refractivity contribution < 1.29 is 19.8 Å². The molecule has 1 heterocycles. The standard InChI is InChI=1S/C14H18N2O4/c17-6-5-11(14(19)20)16-13(18)12-7-9-3-1-2-4-10(9)8-15-12/h1-4,11-12,15,17H,5-8H2,(H,16,18)(H,19,20)/t11?,12-/m0/s1. The lowest BCUT2D eigenvalue weighted by molar-refractivity contribution is -0.142. The molecule has 1 aliphatic rings. The van der Waals surface area contributed by atoms with Gasteiger partial charge in [0.25, 0.3) is 0 Å². The van der Waals surface area contributed by atoms with Crippen LogP contribution >= 0.6 is 0 Å². The number of nitrogens with one attached hydrogen (secondary N) is 2. The van der Waals surface area contributed by atoms with Crippen LogP contribution in [0.25, 0.3) is 0 Å². The molecule has 0 saturated heterocycles. The van der Waals surface area contributed by atoms with E-state index >= 15 is 0 Å². The normalized spacial score (nSPS) is 18.9. The van der Waals surface area contributed by atoms with E-state index in [0.717, 1.165) is 11.1 Å². The fraction of sp³-hybridized carbons (Fsp3) is 0.429. The van der Waals surface area contributed by atoms with Gasteiger partial charge in [-0.25, -0.2) is 4.79 Å². The highest BCUT2D eigenvalue weighted by Crippen LogP contribution is 2.16. The van der Waals surface area contributed by atoms with Crippen molar-refractivity contribution in [3.05, 3.63) is 35.4 Å². The quantitative estimate of drug-likeness (QED) is 0.590. The number of fused-ring (bicyclic) bond motifs is 1. The van der Waals surface area contributed by atoms with Gasteiger partial charge in [0.15, 0.2) is 0 Å². The van der Waals surface area contributed by atoms with Gasteiger partial charge in [-0.05, 0) is 17.5 Å². The van der Waals surface area contributed by atoms with Gasteiger partial charge in [0.05, 0.1) is 6.04 Å². The molecule has 0 spiro atoms. The smallest absolute Gasteiger partial charge is 0.326 e. The highest BCUT2D eigenvalue weighted by atomic mass is 16.4. The lowest BCUT2D eigenvalue weighted by atomic mass is 9.95. The molecule has 4 N–H and O–H groups in total. The summed E-state index contributed by atoms with van der Waals surface area (Å²) in [4.78, 5) is 23.0. The van der Waals surface area contributed by atoms with Gasteiger partial charge in [-0.3, -0.25) is 4.79 Å². The Bertz CT molecular complexity index is 504. The molecule has 1 aromatic carbocycles. The molecule has 2 atom stereocenters. The number of amides is 1. The van der Waals surface area contributed by atoms with Crippen LogP contribution in [-0.4, -0.2) is 40.8 Å². The molecule has 20 heavy (non-hydrogen) atoms. The van der Waals surface area contributed by atoms with Crippen LogP contribution in [0, 0.1) is 0 Å². The summed E-state index contributed by atoms with van der Waals surface area (Å²) in [6.45, 7) is 0.310. The van der Waals surface area contributed by atoms with Crippen molar-refractivity contribution in [1.29, 1.82) is 0 Å². The Morgan fingerprint density at radius 2 is 2.05 bits per heavy atom. The van der Waals surface area contributed by atoms with Gasteiger partial charge in [0.2, 0.25) is 5.91 Å². The zero-order chi connectivity index (χ0) is 14.5. The number of aliphatic carboxylic acids is 1. The van der Waals surface area contributed by atoms with Gasteiger partial charge < -0.3 is 20.8 Å². The molecule has 1 unspecified atom stereocenters. The Hall–Kier alpha value is -1.92. The summed E-state index contributed by atoms with van der Waals surface area (Å²) in [5.41, 5.74) is 2.25. The highest BCUT2D eigenvalue weighted by molar-refractivity contribution is 5.87. The number of carboxylic acids is 1. The van der Waals surface area contributed by atoms with Gasteiger partial charge in [-0.1, -0.05) is 24.3 Å². The second-order valence-electron chi connectivity index (χ2n) is 4.82. The first-order chi connectivity index (χ1) is 9.61. The Morgan fingerprint density at radius 1 is 1.35 bits per heavy atom. The van der Waals surface area contributed by atoms with Crippen LogP contribution in [-0.2, 0) is 22.6 Å². The van der Waals surface area contributed by atoms with E-state index < -0.39 is 18.1 Å². The molecule has 0 bridgehead atoms. The number of carboxylic acid groups (broad SMARTS) is 1. The summed E-state index contributed by atoms with van der Waals surface area (Å²) < 4.78 is 0. The highest BCUT2D eigenvalue weighted by Gasteiger charge is 2.27. The number of rotatable bonds is 5. The largest absolute Gasteiger partial charge is 0.480 e. The molecule has 0 radical (unpaired) electrons. The fourth-order valence-electron chi connectivity index (χ4n) is 2.30. The summed E-state index contributed by atoms with van der Waals surface area (Å²) in [6.07, 6.45) is 0.540. The zero-order valence-corrected chi connectivity index (χ0v) is 11.0. The number of benzene rings is 1. The third kappa shape index (κ3) is 3.34. The van der Waals surface area contributed by atoms with Crippen LogP contribution in [0.15, 0.2) is 24.3 Å². The third-order valence-corrected chi connectivity index (χ3v) is 3.43. The monoisotopic (exact) mass is 278 g/mol. The molecule has 0 aliphatic carbocycles. The van der Waals surface area contributed by atoms with Gasteiger partial charge in [-0.2, -0.15) is 0 Å². The summed E-state index contributed by atoms with van der Waals surface area (Å²) >= 11 is 0. The number of carbonyl (C=O) groups excluding carboxylic acids is 1. The van der Waals surface area contributed by atoms with E-state index in [1.54, 1.807) is 0 Å². The summed E-state index contributed by atoms with van der Waals surface area (Å²) in [5.74, 6) is -1.48. The molecule has 2 rings (SSSR count). The topological polar surface area (TPSA) is 98.7 Å². The third-order valence-electron chi connectivity index (χ3n) is 3.43. The van der Waals surface area contributed by atoms with Crippen molar-refractivity contribution in [3.8, 4) is 0 Å². The lowest BCUT2D eigenvalue weighted by Crippen LogP contribution is -2.52. The Morgan fingerprint density at radius 3 is 2.70 bits per heavy atom. The average Bonchev–Trinajstić information content (AvgIpc) is 2.46. The number of carbonyl (C=O) groups is 2. The Labute approximate surface area is 116 Å². The first-order valence-corrected chi connectivity index (χ1v) is 6.56. The van der Waals surface area contributed by atoms with E-state index in [4.69, 9.17) is 10.2 Å².